The highest BCUT2D eigenvalue weighted by Crippen LogP contribution is 2.23. The molecule has 1 unspecified atom stereocenters. The van der Waals surface area contributed by atoms with E-state index in [4.69, 9.17) is 16.8 Å². The molecular formula is C15H19ClN4O3. The summed E-state index contributed by atoms with van der Waals surface area (Å²) in [6.45, 7) is 2.98. The lowest BCUT2D eigenvalue weighted by Gasteiger charge is -2.32. The molecule has 1 atom stereocenters. The summed E-state index contributed by atoms with van der Waals surface area (Å²) in [5.74, 6) is -0.0149. The van der Waals surface area contributed by atoms with Gasteiger partial charge in [-0.2, -0.15) is 0 Å². The van der Waals surface area contributed by atoms with Crippen molar-refractivity contribution in [2.75, 3.05) is 18.4 Å². The molecule has 1 aromatic heterocycles. The monoisotopic (exact) mass is 338 g/mol. The van der Waals surface area contributed by atoms with Crippen molar-refractivity contribution in [1.29, 1.82) is 0 Å². The zero-order valence-corrected chi connectivity index (χ0v) is 13.5. The smallest absolute Gasteiger partial charge is 0.267 e. The Kier molecular flexibility index (Phi) is 5.95. The standard InChI is InChI=1S/C15H19ClN4O3/c1-10(21)20-6-2-3-12(9-20)18-15-13(16)7-11(8-17-15)4-5-14(22)19-23/h4-5,7-8,12,23H,2-3,6,9H2,1H3,(H,17,18)(H,19,22)/b5-4+. The maximum Gasteiger partial charge on any atom is 0.267 e. The first kappa shape index (κ1) is 17.2. The van der Waals surface area contributed by atoms with Crippen LogP contribution in [-0.2, 0) is 9.59 Å². The molecule has 2 amide bonds. The van der Waals surface area contributed by atoms with Crippen LogP contribution in [0, 0.1) is 0 Å². The lowest BCUT2D eigenvalue weighted by Crippen LogP contribution is -2.44. The summed E-state index contributed by atoms with van der Waals surface area (Å²) in [7, 11) is 0. The Morgan fingerprint density at radius 2 is 2.30 bits per heavy atom. The number of hydrogen-bond donors (Lipinski definition) is 3. The molecule has 1 aromatic rings. The van der Waals surface area contributed by atoms with E-state index < -0.39 is 5.91 Å². The van der Waals surface area contributed by atoms with Gasteiger partial charge in [-0.15, -0.1) is 0 Å². The fourth-order valence-electron chi connectivity index (χ4n) is 2.43. The number of carbonyl (C=O) groups is 2. The number of hydroxylamine groups is 1. The van der Waals surface area contributed by atoms with E-state index in [1.165, 1.54) is 17.6 Å². The molecule has 1 fully saturated rings. The molecule has 2 rings (SSSR count). The molecule has 2 heterocycles. The predicted molar refractivity (Wildman–Crippen MR) is 87.1 cm³/mol. The average molecular weight is 339 g/mol. The Hall–Kier alpha value is -2.12. The van der Waals surface area contributed by atoms with Gasteiger partial charge in [0, 0.05) is 38.3 Å². The van der Waals surface area contributed by atoms with Crippen LogP contribution < -0.4 is 10.8 Å². The summed E-state index contributed by atoms with van der Waals surface area (Å²) in [5, 5.41) is 12.1. The first-order valence-electron chi connectivity index (χ1n) is 7.29. The van der Waals surface area contributed by atoms with Crippen LogP contribution in [0.2, 0.25) is 5.02 Å². The molecule has 8 heteroatoms. The van der Waals surface area contributed by atoms with E-state index in [1.54, 1.807) is 24.1 Å². The second kappa shape index (κ2) is 7.94. The van der Waals surface area contributed by atoms with Crippen LogP contribution in [0.15, 0.2) is 18.3 Å². The molecule has 1 saturated heterocycles. The van der Waals surface area contributed by atoms with Gasteiger partial charge in [-0.3, -0.25) is 14.8 Å². The van der Waals surface area contributed by atoms with E-state index in [-0.39, 0.29) is 11.9 Å². The highest BCUT2D eigenvalue weighted by molar-refractivity contribution is 6.33. The largest absolute Gasteiger partial charge is 0.364 e. The third-order valence-electron chi connectivity index (χ3n) is 3.61. The summed E-state index contributed by atoms with van der Waals surface area (Å²) in [6.07, 6.45) is 6.12. The number of anilines is 1. The van der Waals surface area contributed by atoms with Gasteiger partial charge in [0.2, 0.25) is 5.91 Å². The number of rotatable bonds is 4. The number of halogens is 1. The van der Waals surface area contributed by atoms with E-state index in [0.29, 0.717) is 22.9 Å². The predicted octanol–water partition coefficient (Wildman–Crippen LogP) is 1.68. The first-order chi connectivity index (χ1) is 11.0. The second-order valence-corrected chi connectivity index (χ2v) is 5.76. The van der Waals surface area contributed by atoms with Gasteiger partial charge in [-0.25, -0.2) is 10.5 Å². The van der Waals surface area contributed by atoms with Gasteiger partial charge in [0.25, 0.3) is 5.91 Å². The number of carbonyl (C=O) groups excluding carboxylic acids is 2. The summed E-state index contributed by atoms with van der Waals surface area (Å²) in [6, 6.07) is 1.78. The average Bonchev–Trinajstić information content (AvgIpc) is 2.55. The van der Waals surface area contributed by atoms with E-state index in [2.05, 4.69) is 10.3 Å². The van der Waals surface area contributed by atoms with Gasteiger partial charge >= 0.3 is 0 Å². The van der Waals surface area contributed by atoms with Crippen LogP contribution in [0.5, 0.6) is 0 Å². The van der Waals surface area contributed by atoms with E-state index >= 15 is 0 Å². The lowest BCUT2D eigenvalue weighted by molar-refractivity contribution is -0.129. The Bertz CT molecular complexity index is 621. The van der Waals surface area contributed by atoms with Crippen molar-refractivity contribution in [3.8, 4) is 0 Å². The van der Waals surface area contributed by atoms with E-state index in [1.807, 2.05) is 0 Å². The van der Waals surface area contributed by atoms with Crippen molar-refractivity contribution in [2.24, 2.45) is 0 Å². The zero-order chi connectivity index (χ0) is 16.8. The van der Waals surface area contributed by atoms with Gasteiger partial charge in [-0.1, -0.05) is 11.6 Å². The van der Waals surface area contributed by atoms with Crippen LogP contribution in [0.25, 0.3) is 6.08 Å². The Morgan fingerprint density at radius 3 is 2.96 bits per heavy atom. The number of piperidine rings is 1. The van der Waals surface area contributed by atoms with Crippen molar-refractivity contribution in [3.63, 3.8) is 0 Å². The van der Waals surface area contributed by atoms with Gasteiger partial charge < -0.3 is 10.2 Å². The minimum Gasteiger partial charge on any atom is -0.364 e. The highest BCUT2D eigenvalue weighted by Gasteiger charge is 2.22. The van der Waals surface area contributed by atoms with E-state index in [9.17, 15) is 9.59 Å². The first-order valence-corrected chi connectivity index (χ1v) is 7.67. The molecule has 1 aliphatic rings. The summed E-state index contributed by atoms with van der Waals surface area (Å²) < 4.78 is 0. The maximum absolute atomic E-state index is 11.5. The van der Waals surface area contributed by atoms with Gasteiger partial charge in [0.05, 0.1) is 5.02 Å². The normalized spacial score (nSPS) is 18.0. The fourth-order valence-corrected chi connectivity index (χ4v) is 2.66. The molecule has 0 radical (unpaired) electrons. The van der Waals surface area contributed by atoms with Crippen molar-refractivity contribution in [3.05, 3.63) is 28.9 Å². The molecule has 0 aliphatic carbocycles. The number of aromatic nitrogens is 1. The molecule has 23 heavy (non-hydrogen) atoms. The summed E-state index contributed by atoms with van der Waals surface area (Å²) >= 11 is 6.21. The number of nitrogens with zero attached hydrogens (tertiary/aromatic N) is 2. The Labute approximate surface area is 139 Å². The van der Waals surface area contributed by atoms with Crippen molar-refractivity contribution >= 4 is 35.3 Å². The van der Waals surface area contributed by atoms with Crippen molar-refractivity contribution < 1.29 is 14.8 Å². The van der Waals surface area contributed by atoms with E-state index in [0.717, 1.165) is 19.4 Å². The number of likely N-dealkylation sites (tertiary alicyclic amines) is 1. The van der Waals surface area contributed by atoms with Crippen LogP contribution in [0.3, 0.4) is 0 Å². The minimum absolute atomic E-state index is 0.0678. The Morgan fingerprint density at radius 1 is 1.52 bits per heavy atom. The molecule has 7 nitrogen and oxygen atoms in total. The molecule has 3 N–H and O–H groups in total. The quantitative estimate of drug-likeness (QED) is 0.441. The van der Waals surface area contributed by atoms with Crippen LogP contribution >= 0.6 is 11.6 Å². The lowest BCUT2D eigenvalue weighted by atomic mass is 10.1. The highest BCUT2D eigenvalue weighted by atomic mass is 35.5. The topological polar surface area (TPSA) is 94.6 Å². The van der Waals surface area contributed by atoms with Crippen molar-refractivity contribution in [1.82, 2.24) is 15.4 Å². The number of pyridine rings is 1. The molecule has 0 bridgehead atoms. The van der Waals surface area contributed by atoms with Gasteiger partial charge in [0.1, 0.15) is 5.82 Å². The molecular weight excluding hydrogens is 320 g/mol. The second-order valence-electron chi connectivity index (χ2n) is 5.36. The van der Waals surface area contributed by atoms with Crippen LogP contribution in [-0.4, -0.2) is 46.0 Å². The number of amides is 2. The summed E-state index contributed by atoms with van der Waals surface area (Å²) in [5.41, 5.74) is 2.14. The van der Waals surface area contributed by atoms with Crippen molar-refractivity contribution in [2.45, 2.75) is 25.8 Å². The third kappa shape index (κ3) is 4.94. The number of nitrogens with one attached hydrogen (secondary N) is 2. The molecule has 0 aromatic carbocycles. The SMILES string of the molecule is CC(=O)N1CCCC(Nc2ncc(/C=C/C(=O)NO)cc2Cl)C1. The minimum atomic E-state index is -0.630. The molecule has 124 valence electrons. The molecule has 1 aliphatic heterocycles. The Balaban J connectivity index is 2.02. The maximum atomic E-state index is 11.5. The fraction of sp³-hybridized carbons (Fsp3) is 0.400. The third-order valence-corrected chi connectivity index (χ3v) is 3.90. The van der Waals surface area contributed by atoms with Crippen LogP contribution in [0.4, 0.5) is 5.82 Å². The van der Waals surface area contributed by atoms with Gasteiger partial charge in [-0.05, 0) is 30.5 Å². The molecule has 0 spiro atoms. The summed E-state index contributed by atoms with van der Waals surface area (Å²) in [4.78, 5) is 28.5. The van der Waals surface area contributed by atoms with Gasteiger partial charge in [0.15, 0.2) is 0 Å². The zero-order valence-electron chi connectivity index (χ0n) is 12.8. The molecule has 0 saturated carbocycles. The number of hydrogen-bond acceptors (Lipinski definition) is 5. The van der Waals surface area contributed by atoms with Crippen LogP contribution in [0.1, 0.15) is 25.3 Å².